The van der Waals surface area contributed by atoms with Crippen LogP contribution in [0.4, 0.5) is 14.9 Å². The fourth-order valence-corrected chi connectivity index (χ4v) is 4.70. The van der Waals surface area contributed by atoms with Gasteiger partial charge in [0.25, 0.3) is 5.91 Å². The Bertz CT molecular complexity index is 1150. The van der Waals surface area contributed by atoms with Crippen molar-refractivity contribution >= 4 is 23.2 Å². The molecule has 2 aliphatic rings. The summed E-state index contributed by atoms with van der Waals surface area (Å²) >= 11 is 0. The Morgan fingerprint density at radius 1 is 1.32 bits per heavy atom. The van der Waals surface area contributed by atoms with Gasteiger partial charge in [0.15, 0.2) is 0 Å². The standard InChI is InChI=1S/C28H35FN4O4/c1-18-15-33(19(2)17-34)27(35)24-13-21(20-7-5-4-6-8-20)14-30-26(24)37-25(18)16-32(3)28(36)31-23-11-9-22(29)10-12-23/h7,9-14,18-19,25,34H,4-6,8,15-17H2,1-3H3,(H,31,36)/t18-,19-,25+/m1/s1. The molecule has 1 aromatic carbocycles. The van der Waals surface area contributed by atoms with Crippen molar-refractivity contribution in [2.75, 3.05) is 32.1 Å². The number of urea groups is 1. The smallest absolute Gasteiger partial charge is 0.321 e. The maximum Gasteiger partial charge on any atom is 0.321 e. The predicted molar refractivity (Wildman–Crippen MR) is 140 cm³/mol. The Kier molecular flexibility index (Phi) is 8.43. The number of ether oxygens (including phenoxy) is 1. The molecule has 3 atom stereocenters. The lowest BCUT2D eigenvalue weighted by atomic mass is 9.93. The summed E-state index contributed by atoms with van der Waals surface area (Å²) in [6.45, 7) is 4.18. The molecule has 1 aromatic heterocycles. The highest BCUT2D eigenvalue weighted by molar-refractivity contribution is 5.97. The number of rotatable bonds is 6. The number of allylic oxidation sites excluding steroid dienone is 2. The Morgan fingerprint density at radius 3 is 2.76 bits per heavy atom. The van der Waals surface area contributed by atoms with Crippen molar-refractivity contribution in [3.8, 4) is 5.88 Å². The topological polar surface area (TPSA) is 95.0 Å². The number of pyridine rings is 1. The lowest BCUT2D eigenvalue weighted by molar-refractivity contribution is 0.0356. The molecule has 2 N–H and O–H groups in total. The molecule has 198 valence electrons. The van der Waals surface area contributed by atoms with E-state index in [1.807, 2.05) is 19.9 Å². The van der Waals surface area contributed by atoms with Crippen LogP contribution in [-0.2, 0) is 0 Å². The van der Waals surface area contributed by atoms with E-state index in [0.29, 0.717) is 17.8 Å². The van der Waals surface area contributed by atoms with Gasteiger partial charge in [0, 0.05) is 31.4 Å². The molecule has 4 rings (SSSR count). The monoisotopic (exact) mass is 510 g/mol. The minimum Gasteiger partial charge on any atom is -0.472 e. The zero-order valence-corrected chi connectivity index (χ0v) is 21.6. The molecule has 1 aliphatic carbocycles. The molecule has 9 heteroatoms. The quantitative estimate of drug-likeness (QED) is 0.594. The van der Waals surface area contributed by atoms with Crippen LogP contribution >= 0.6 is 0 Å². The normalized spacial score (nSPS) is 20.6. The number of nitrogens with one attached hydrogen (secondary N) is 1. The number of aliphatic hydroxyl groups excluding tert-OH is 1. The molecule has 8 nitrogen and oxygen atoms in total. The lowest BCUT2D eigenvalue weighted by Crippen LogP contribution is -2.50. The molecule has 0 radical (unpaired) electrons. The van der Waals surface area contributed by atoms with Crippen LogP contribution in [0, 0.1) is 11.7 Å². The van der Waals surface area contributed by atoms with Gasteiger partial charge < -0.3 is 25.0 Å². The van der Waals surface area contributed by atoms with E-state index in [0.717, 1.165) is 31.2 Å². The summed E-state index contributed by atoms with van der Waals surface area (Å²) in [7, 11) is 1.65. The van der Waals surface area contributed by atoms with E-state index < -0.39 is 12.1 Å². The zero-order valence-electron chi connectivity index (χ0n) is 21.6. The molecule has 0 saturated heterocycles. The van der Waals surface area contributed by atoms with Crippen LogP contribution in [0.25, 0.3) is 5.57 Å². The molecule has 0 unspecified atom stereocenters. The van der Waals surface area contributed by atoms with Crippen molar-refractivity contribution in [3.63, 3.8) is 0 Å². The number of carbonyl (C=O) groups excluding carboxylic acids is 2. The molecule has 1 aliphatic heterocycles. The number of benzene rings is 1. The van der Waals surface area contributed by atoms with Gasteiger partial charge in [0.2, 0.25) is 5.88 Å². The molecule has 0 bridgehead atoms. The molecule has 2 heterocycles. The summed E-state index contributed by atoms with van der Waals surface area (Å²) in [5.74, 6) is -0.540. The Morgan fingerprint density at radius 2 is 2.08 bits per heavy atom. The summed E-state index contributed by atoms with van der Waals surface area (Å²) in [4.78, 5) is 34.1. The first-order chi connectivity index (χ1) is 17.8. The van der Waals surface area contributed by atoms with Crippen molar-refractivity contribution in [1.29, 1.82) is 0 Å². The minimum absolute atomic E-state index is 0.158. The maximum absolute atomic E-state index is 13.6. The number of amides is 3. The average Bonchev–Trinajstić information content (AvgIpc) is 2.91. The maximum atomic E-state index is 13.6. The summed E-state index contributed by atoms with van der Waals surface area (Å²) < 4.78 is 19.5. The highest BCUT2D eigenvalue weighted by atomic mass is 19.1. The molecule has 2 aromatic rings. The van der Waals surface area contributed by atoms with Crippen LogP contribution in [0.2, 0.25) is 0 Å². The summed E-state index contributed by atoms with van der Waals surface area (Å²) in [5, 5.41) is 12.6. The van der Waals surface area contributed by atoms with Gasteiger partial charge in [0.05, 0.1) is 19.2 Å². The molecular formula is C28H35FN4O4. The van der Waals surface area contributed by atoms with E-state index in [1.165, 1.54) is 34.7 Å². The first-order valence-electron chi connectivity index (χ1n) is 12.8. The second kappa shape index (κ2) is 11.7. The van der Waals surface area contributed by atoms with Gasteiger partial charge in [-0.15, -0.1) is 0 Å². The summed E-state index contributed by atoms with van der Waals surface area (Å²) in [6.07, 6.45) is 7.71. The number of likely N-dealkylation sites (N-methyl/N-ethyl adjacent to an activating group) is 1. The molecular weight excluding hydrogens is 475 g/mol. The first-order valence-corrected chi connectivity index (χ1v) is 12.8. The van der Waals surface area contributed by atoms with Crippen molar-refractivity contribution in [1.82, 2.24) is 14.8 Å². The highest BCUT2D eigenvalue weighted by Crippen LogP contribution is 2.32. The number of nitrogens with zero attached hydrogens (tertiary/aromatic N) is 3. The van der Waals surface area contributed by atoms with Gasteiger partial charge in [-0.1, -0.05) is 13.0 Å². The van der Waals surface area contributed by atoms with Gasteiger partial charge in [0.1, 0.15) is 17.5 Å². The van der Waals surface area contributed by atoms with Crippen LogP contribution in [-0.4, -0.2) is 70.7 Å². The van der Waals surface area contributed by atoms with Crippen molar-refractivity contribution in [3.05, 3.63) is 59.5 Å². The van der Waals surface area contributed by atoms with E-state index in [9.17, 15) is 19.1 Å². The Hall–Kier alpha value is -3.46. The second-order valence-electron chi connectivity index (χ2n) is 9.99. The van der Waals surface area contributed by atoms with Crippen molar-refractivity contribution < 1.29 is 23.8 Å². The average molecular weight is 511 g/mol. The third-order valence-corrected chi connectivity index (χ3v) is 7.08. The Labute approximate surface area is 217 Å². The lowest BCUT2D eigenvalue weighted by Gasteiger charge is -2.37. The van der Waals surface area contributed by atoms with Crippen LogP contribution in [0.1, 0.15) is 55.5 Å². The van der Waals surface area contributed by atoms with Gasteiger partial charge in [-0.2, -0.15) is 0 Å². The van der Waals surface area contributed by atoms with E-state index in [4.69, 9.17) is 4.74 Å². The fraction of sp³-hybridized carbons (Fsp3) is 0.464. The SMILES string of the molecule is C[C@@H]1CN([C@H](C)CO)C(=O)c2cc(C3=CCCCC3)cnc2O[C@H]1CN(C)C(=O)Nc1ccc(F)cc1. The van der Waals surface area contributed by atoms with Crippen LogP contribution < -0.4 is 10.1 Å². The first kappa shape index (κ1) is 26.6. The van der Waals surface area contributed by atoms with Gasteiger partial charge >= 0.3 is 6.03 Å². The van der Waals surface area contributed by atoms with Gasteiger partial charge in [-0.05, 0) is 74.1 Å². The van der Waals surface area contributed by atoms with Gasteiger partial charge in [-0.25, -0.2) is 14.2 Å². The molecule has 0 spiro atoms. The number of aliphatic hydroxyl groups is 1. The summed E-state index contributed by atoms with van der Waals surface area (Å²) in [5.41, 5.74) is 2.93. The minimum atomic E-state index is -0.462. The second-order valence-corrected chi connectivity index (χ2v) is 9.99. The third kappa shape index (κ3) is 6.28. The number of hydrogen-bond donors (Lipinski definition) is 2. The predicted octanol–water partition coefficient (Wildman–Crippen LogP) is 4.56. The summed E-state index contributed by atoms with van der Waals surface area (Å²) in [6, 6.07) is 6.64. The van der Waals surface area contributed by atoms with Crippen LogP contribution in [0.5, 0.6) is 5.88 Å². The van der Waals surface area contributed by atoms with E-state index in [-0.39, 0.29) is 42.7 Å². The largest absolute Gasteiger partial charge is 0.472 e. The van der Waals surface area contributed by atoms with Crippen molar-refractivity contribution in [2.45, 2.75) is 51.7 Å². The molecule has 3 amide bonds. The van der Waals surface area contributed by atoms with E-state index in [1.54, 1.807) is 18.1 Å². The molecule has 0 saturated carbocycles. The highest BCUT2D eigenvalue weighted by Gasteiger charge is 2.35. The third-order valence-electron chi connectivity index (χ3n) is 7.08. The Balaban J connectivity index is 1.59. The molecule has 0 fully saturated rings. The molecule has 37 heavy (non-hydrogen) atoms. The van der Waals surface area contributed by atoms with Crippen molar-refractivity contribution in [2.24, 2.45) is 5.92 Å². The number of anilines is 1. The number of carbonyl (C=O) groups is 2. The van der Waals surface area contributed by atoms with E-state index in [2.05, 4.69) is 16.4 Å². The van der Waals surface area contributed by atoms with E-state index >= 15 is 0 Å². The number of hydrogen-bond acceptors (Lipinski definition) is 5. The van der Waals surface area contributed by atoms with Crippen LogP contribution in [0.15, 0.2) is 42.6 Å². The number of halogens is 1. The zero-order chi connectivity index (χ0) is 26.5. The fourth-order valence-electron chi connectivity index (χ4n) is 4.70. The number of fused-ring (bicyclic) bond motifs is 1. The van der Waals surface area contributed by atoms with Crippen LogP contribution in [0.3, 0.4) is 0 Å². The number of aromatic nitrogens is 1. The van der Waals surface area contributed by atoms with Gasteiger partial charge in [-0.3, -0.25) is 4.79 Å².